The third-order valence-electron chi connectivity index (χ3n) is 5.98. The number of amides is 1. The molecule has 0 N–H and O–H groups in total. The predicted octanol–water partition coefficient (Wildman–Crippen LogP) is 4.51. The average Bonchev–Trinajstić information content (AvgIpc) is 3.13. The van der Waals surface area contributed by atoms with Crippen molar-refractivity contribution in [2.75, 3.05) is 18.9 Å². The molecule has 3 rings (SSSR count). The van der Waals surface area contributed by atoms with Crippen LogP contribution >= 0.6 is 11.8 Å². The molecule has 12 heteroatoms. The molecule has 37 heavy (non-hydrogen) atoms. The number of non-ortho nitro benzene ring substituents is 1. The van der Waals surface area contributed by atoms with Crippen LogP contribution in [-0.4, -0.2) is 67.0 Å². The lowest BCUT2D eigenvalue weighted by atomic mass is 9.83. The van der Waals surface area contributed by atoms with Crippen LogP contribution in [0.3, 0.4) is 0 Å². The van der Waals surface area contributed by atoms with Gasteiger partial charge in [-0.15, -0.1) is 11.8 Å². The van der Waals surface area contributed by atoms with Crippen LogP contribution in [0, 0.1) is 16.0 Å². The molecular formula is C25H35N3O7SSi. The Hall–Kier alpha value is -2.70. The van der Waals surface area contributed by atoms with Crippen LogP contribution in [0.15, 0.2) is 39.9 Å². The molecule has 2 aliphatic heterocycles. The molecule has 0 saturated carbocycles. The molecule has 0 bridgehead atoms. The second kappa shape index (κ2) is 12.2. The largest absolute Gasteiger partial charge is 0.481 e. The molecule has 10 nitrogen and oxygen atoms in total. The summed E-state index contributed by atoms with van der Waals surface area (Å²) < 4.78 is 17.1. The zero-order chi connectivity index (χ0) is 27.3. The average molecular weight is 550 g/mol. The van der Waals surface area contributed by atoms with E-state index in [4.69, 9.17) is 13.9 Å². The van der Waals surface area contributed by atoms with Gasteiger partial charge in [0.25, 0.3) is 5.69 Å². The van der Waals surface area contributed by atoms with Crippen LogP contribution in [0.25, 0.3) is 0 Å². The van der Waals surface area contributed by atoms with Crippen molar-refractivity contribution in [3.63, 3.8) is 0 Å². The molecule has 0 aliphatic carbocycles. The van der Waals surface area contributed by atoms with Crippen LogP contribution in [0.1, 0.15) is 32.8 Å². The number of carbonyl (C=O) groups is 2. The van der Waals surface area contributed by atoms with Gasteiger partial charge < -0.3 is 18.8 Å². The first kappa shape index (κ1) is 28.9. The van der Waals surface area contributed by atoms with Gasteiger partial charge in [-0.05, 0) is 51.2 Å². The van der Waals surface area contributed by atoms with Gasteiger partial charge in [-0.3, -0.25) is 19.9 Å². The molecule has 202 valence electrons. The summed E-state index contributed by atoms with van der Waals surface area (Å²) in [5, 5.41) is 10.9. The summed E-state index contributed by atoms with van der Waals surface area (Å²) >= 11 is 1.50. The highest BCUT2D eigenvalue weighted by Gasteiger charge is 2.57. The van der Waals surface area contributed by atoms with E-state index in [0.29, 0.717) is 36.8 Å². The highest BCUT2D eigenvalue weighted by Crippen LogP contribution is 2.48. The molecule has 2 aliphatic rings. The Balaban J connectivity index is 1.73. The van der Waals surface area contributed by atoms with Crippen molar-refractivity contribution >= 4 is 43.5 Å². The number of ether oxygens (including phenoxy) is 2. The van der Waals surface area contributed by atoms with Gasteiger partial charge in [-0.2, -0.15) is 0 Å². The fraction of sp³-hybridized carbons (Fsp3) is 0.560. The monoisotopic (exact) mass is 549 g/mol. The van der Waals surface area contributed by atoms with Gasteiger partial charge in [0, 0.05) is 36.1 Å². The van der Waals surface area contributed by atoms with Crippen molar-refractivity contribution in [1.82, 2.24) is 4.90 Å². The lowest BCUT2D eigenvalue weighted by Gasteiger charge is -2.47. The molecule has 2 heterocycles. The van der Waals surface area contributed by atoms with Crippen molar-refractivity contribution in [3.05, 3.63) is 50.5 Å². The molecular weight excluding hydrogens is 514 g/mol. The zero-order valence-corrected chi connectivity index (χ0v) is 24.0. The normalized spacial score (nSPS) is 20.4. The standard InChI is InChI=1S/C25H35N3O7SSi/c1-7-33-17(3)26-12-13-36-21-14-20-22(16(2)35-37(4,5)6)24(29)27(20)23(21)25(30)34-15-18-8-10-19(11-9-18)28(31)32/h8-11,16,20,22H,7,12-15H2,1-6H3/t16-,20+,22-/m0/s1. The van der Waals surface area contributed by atoms with E-state index in [1.807, 2.05) is 13.8 Å². The van der Waals surface area contributed by atoms with Crippen LogP contribution < -0.4 is 0 Å². The fourth-order valence-corrected chi connectivity index (χ4v) is 6.82. The second-order valence-corrected chi connectivity index (χ2v) is 15.5. The Morgan fingerprint density at radius 3 is 2.54 bits per heavy atom. The van der Waals surface area contributed by atoms with E-state index in [0.717, 1.165) is 4.91 Å². The van der Waals surface area contributed by atoms with E-state index in [2.05, 4.69) is 24.6 Å². The predicted molar refractivity (Wildman–Crippen MR) is 145 cm³/mol. The van der Waals surface area contributed by atoms with Gasteiger partial charge >= 0.3 is 5.97 Å². The van der Waals surface area contributed by atoms with Crippen LogP contribution in [0.4, 0.5) is 5.69 Å². The van der Waals surface area contributed by atoms with Gasteiger partial charge in [-0.25, -0.2) is 4.79 Å². The van der Waals surface area contributed by atoms with Crippen molar-refractivity contribution < 1.29 is 28.4 Å². The number of benzene rings is 1. The number of nitro groups is 1. The molecule has 0 unspecified atom stereocenters. The van der Waals surface area contributed by atoms with Crippen LogP contribution in [0.2, 0.25) is 19.6 Å². The molecule has 0 spiro atoms. The van der Waals surface area contributed by atoms with E-state index in [-0.39, 0.29) is 42.0 Å². The Kier molecular flexibility index (Phi) is 9.54. The fourth-order valence-electron chi connectivity index (χ4n) is 4.52. The summed E-state index contributed by atoms with van der Waals surface area (Å²) in [6, 6.07) is 5.68. The lowest BCUT2D eigenvalue weighted by molar-refractivity contribution is -0.384. The van der Waals surface area contributed by atoms with Crippen molar-refractivity contribution in [2.45, 2.75) is 65.6 Å². The molecule has 0 radical (unpaired) electrons. The molecule has 1 aromatic rings. The summed E-state index contributed by atoms with van der Waals surface area (Å²) in [4.78, 5) is 43.5. The molecule has 1 aromatic carbocycles. The molecule has 3 atom stereocenters. The summed E-state index contributed by atoms with van der Waals surface area (Å²) in [6.45, 7) is 12.9. The molecule has 0 aromatic heterocycles. The van der Waals surface area contributed by atoms with Gasteiger partial charge in [-0.1, -0.05) is 0 Å². The third kappa shape index (κ3) is 7.20. The number of fused-ring (bicyclic) bond motifs is 1. The number of thioether (sulfide) groups is 1. The minimum Gasteiger partial charge on any atom is -0.481 e. The Labute approximate surface area is 222 Å². The summed E-state index contributed by atoms with van der Waals surface area (Å²) in [5.41, 5.74) is 0.863. The van der Waals surface area contributed by atoms with Gasteiger partial charge in [0.2, 0.25) is 5.91 Å². The van der Waals surface area contributed by atoms with Gasteiger partial charge in [0.05, 0.1) is 36.1 Å². The number of carbonyl (C=O) groups excluding carboxylic acids is 2. The van der Waals surface area contributed by atoms with Crippen LogP contribution in [0.5, 0.6) is 0 Å². The van der Waals surface area contributed by atoms with E-state index < -0.39 is 19.2 Å². The number of nitro benzene ring substituents is 1. The van der Waals surface area contributed by atoms with Crippen LogP contribution in [-0.2, 0) is 30.1 Å². The number of β-lactam (4-membered cyclic amide) rings is 1. The lowest BCUT2D eigenvalue weighted by Crippen LogP contribution is -2.63. The SMILES string of the molecule is CCOC(C)=NCCSC1=C(C(=O)OCc2ccc([N+](=O)[O-])cc2)N2C(=O)[C@@H]([C@H](C)O[Si](C)(C)C)[C@H]2C1. The Morgan fingerprint density at radius 2 is 1.95 bits per heavy atom. The summed E-state index contributed by atoms with van der Waals surface area (Å²) in [6.07, 6.45) is 0.330. The maximum atomic E-state index is 13.2. The summed E-state index contributed by atoms with van der Waals surface area (Å²) in [7, 11) is -1.85. The molecule has 1 fully saturated rings. The number of aliphatic imine (C=N–C) groups is 1. The first-order chi connectivity index (χ1) is 17.4. The van der Waals surface area contributed by atoms with Crippen molar-refractivity contribution in [2.24, 2.45) is 10.9 Å². The number of hydrogen-bond acceptors (Lipinski definition) is 9. The second-order valence-electron chi connectivity index (χ2n) is 9.89. The number of rotatable bonds is 12. The topological polar surface area (TPSA) is 121 Å². The van der Waals surface area contributed by atoms with E-state index in [1.165, 1.54) is 23.9 Å². The first-order valence-electron chi connectivity index (χ1n) is 12.3. The number of nitrogens with zero attached hydrogens (tertiary/aromatic N) is 3. The number of hydrogen-bond donors (Lipinski definition) is 0. The highest BCUT2D eigenvalue weighted by molar-refractivity contribution is 8.03. The highest BCUT2D eigenvalue weighted by atomic mass is 32.2. The smallest absolute Gasteiger partial charge is 0.356 e. The Morgan fingerprint density at radius 1 is 1.27 bits per heavy atom. The zero-order valence-electron chi connectivity index (χ0n) is 22.2. The third-order valence-corrected chi connectivity index (χ3v) is 8.15. The molecule has 1 amide bonds. The van der Waals surface area contributed by atoms with E-state index >= 15 is 0 Å². The maximum Gasteiger partial charge on any atom is 0.356 e. The van der Waals surface area contributed by atoms with Gasteiger partial charge in [0.15, 0.2) is 14.2 Å². The van der Waals surface area contributed by atoms with Gasteiger partial charge in [0.1, 0.15) is 12.3 Å². The number of esters is 1. The maximum absolute atomic E-state index is 13.2. The van der Waals surface area contributed by atoms with Crippen molar-refractivity contribution in [1.29, 1.82) is 0 Å². The summed E-state index contributed by atoms with van der Waals surface area (Å²) in [5.74, 6) is 0.226. The quantitative estimate of drug-likeness (QED) is 0.0546. The molecule has 1 saturated heterocycles. The first-order valence-corrected chi connectivity index (χ1v) is 16.7. The minimum atomic E-state index is -1.85. The van der Waals surface area contributed by atoms with Crippen molar-refractivity contribution in [3.8, 4) is 0 Å². The Bertz CT molecular complexity index is 1080. The minimum absolute atomic E-state index is 0.0378. The van der Waals surface area contributed by atoms with E-state index in [9.17, 15) is 19.7 Å². The van der Waals surface area contributed by atoms with E-state index in [1.54, 1.807) is 24.0 Å².